The van der Waals surface area contributed by atoms with Crippen molar-refractivity contribution in [3.63, 3.8) is 0 Å². The zero-order valence-electron chi connectivity index (χ0n) is 12.0. The van der Waals surface area contributed by atoms with Crippen LogP contribution < -0.4 is 0 Å². The van der Waals surface area contributed by atoms with Crippen molar-refractivity contribution in [3.8, 4) is 0 Å². The predicted octanol–water partition coefficient (Wildman–Crippen LogP) is 1.98. The minimum absolute atomic E-state index is 0.152. The lowest BCUT2D eigenvalue weighted by molar-refractivity contribution is -0.0121. The molecule has 110 valence electrons. The second-order valence-electron chi connectivity index (χ2n) is 4.90. The van der Waals surface area contributed by atoms with Crippen molar-refractivity contribution in [2.45, 2.75) is 32.6 Å². The van der Waals surface area contributed by atoms with Crippen LogP contribution >= 0.6 is 11.3 Å². The quantitative estimate of drug-likeness (QED) is 0.714. The molecular formula is C14H25NO3S. The number of rotatable bonds is 10. The molecule has 1 rings (SSSR count). The first-order valence-corrected chi connectivity index (χ1v) is 7.58. The highest BCUT2D eigenvalue weighted by atomic mass is 32.1. The fraction of sp³-hybridized carbons (Fsp3) is 0.714. The van der Waals surface area contributed by atoms with Crippen LogP contribution in [0.4, 0.5) is 0 Å². The van der Waals surface area contributed by atoms with Gasteiger partial charge in [-0.3, -0.25) is 4.90 Å². The van der Waals surface area contributed by atoms with E-state index >= 15 is 0 Å². The number of aliphatic hydroxyl groups is 1. The van der Waals surface area contributed by atoms with E-state index in [1.807, 2.05) is 13.8 Å². The van der Waals surface area contributed by atoms with Gasteiger partial charge in [-0.2, -0.15) is 11.3 Å². The number of ether oxygens (including phenoxy) is 2. The van der Waals surface area contributed by atoms with Gasteiger partial charge in [-0.05, 0) is 36.2 Å². The highest BCUT2D eigenvalue weighted by Crippen LogP contribution is 2.10. The third-order valence-electron chi connectivity index (χ3n) is 2.69. The molecule has 0 aromatic carbocycles. The molecular weight excluding hydrogens is 262 g/mol. The summed E-state index contributed by atoms with van der Waals surface area (Å²) in [6.45, 7) is 7.25. The summed E-state index contributed by atoms with van der Waals surface area (Å²) in [5, 5.41) is 14.2. The molecule has 0 spiro atoms. The van der Waals surface area contributed by atoms with E-state index in [2.05, 4.69) is 21.7 Å². The lowest BCUT2D eigenvalue weighted by Crippen LogP contribution is -2.36. The van der Waals surface area contributed by atoms with Gasteiger partial charge < -0.3 is 14.6 Å². The molecule has 0 fully saturated rings. The van der Waals surface area contributed by atoms with Crippen LogP contribution in [0.2, 0.25) is 0 Å². The third kappa shape index (κ3) is 7.64. The highest BCUT2D eigenvalue weighted by Gasteiger charge is 2.13. The Kier molecular flexibility index (Phi) is 8.25. The first kappa shape index (κ1) is 16.6. The SMILES string of the molecule is COCCN(Cc1ccsc1)C[C@@H](O)COC(C)C. The molecule has 1 atom stereocenters. The van der Waals surface area contributed by atoms with Crippen molar-refractivity contribution in [1.29, 1.82) is 0 Å². The van der Waals surface area contributed by atoms with Gasteiger partial charge in [0.1, 0.15) is 0 Å². The molecule has 1 aromatic rings. The Balaban J connectivity index is 2.39. The summed E-state index contributed by atoms with van der Waals surface area (Å²) in [7, 11) is 1.70. The number of hydrogen-bond donors (Lipinski definition) is 1. The predicted molar refractivity (Wildman–Crippen MR) is 78.6 cm³/mol. The largest absolute Gasteiger partial charge is 0.389 e. The van der Waals surface area contributed by atoms with Gasteiger partial charge in [0.2, 0.25) is 0 Å². The van der Waals surface area contributed by atoms with Crippen molar-refractivity contribution in [2.75, 3.05) is 33.4 Å². The van der Waals surface area contributed by atoms with Gasteiger partial charge in [0.25, 0.3) is 0 Å². The lowest BCUT2D eigenvalue weighted by Gasteiger charge is -2.24. The van der Waals surface area contributed by atoms with Gasteiger partial charge in [0, 0.05) is 26.7 Å². The summed E-state index contributed by atoms with van der Waals surface area (Å²) in [6.07, 6.45) is -0.308. The Morgan fingerprint density at radius 1 is 1.42 bits per heavy atom. The maximum atomic E-state index is 9.99. The summed E-state index contributed by atoms with van der Waals surface area (Å²) in [6, 6.07) is 2.11. The van der Waals surface area contributed by atoms with Crippen molar-refractivity contribution >= 4 is 11.3 Å². The Bertz CT molecular complexity index is 317. The van der Waals surface area contributed by atoms with E-state index in [-0.39, 0.29) is 6.10 Å². The fourth-order valence-electron chi connectivity index (χ4n) is 1.75. The van der Waals surface area contributed by atoms with Crippen LogP contribution in [0.5, 0.6) is 0 Å². The number of methoxy groups -OCH3 is 1. The van der Waals surface area contributed by atoms with Gasteiger partial charge >= 0.3 is 0 Å². The van der Waals surface area contributed by atoms with Crippen molar-refractivity contribution in [1.82, 2.24) is 4.90 Å². The molecule has 1 heterocycles. The molecule has 0 aliphatic carbocycles. The Labute approximate surface area is 120 Å². The summed E-state index contributed by atoms with van der Waals surface area (Å²) in [4.78, 5) is 2.19. The monoisotopic (exact) mass is 287 g/mol. The summed E-state index contributed by atoms with van der Waals surface area (Å²) >= 11 is 1.69. The highest BCUT2D eigenvalue weighted by molar-refractivity contribution is 7.07. The maximum absolute atomic E-state index is 9.99. The molecule has 1 N–H and O–H groups in total. The van der Waals surface area contributed by atoms with E-state index in [4.69, 9.17) is 9.47 Å². The summed E-state index contributed by atoms with van der Waals surface area (Å²) in [5.41, 5.74) is 1.28. The van der Waals surface area contributed by atoms with Crippen LogP contribution in [0.25, 0.3) is 0 Å². The van der Waals surface area contributed by atoms with Gasteiger partial charge in [0.15, 0.2) is 0 Å². The van der Waals surface area contributed by atoms with Gasteiger partial charge in [0.05, 0.1) is 25.4 Å². The molecule has 0 bridgehead atoms. The van der Waals surface area contributed by atoms with Gasteiger partial charge in [-0.15, -0.1) is 0 Å². The number of aliphatic hydroxyl groups excluding tert-OH is 1. The first-order chi connectivity index (χ1) is 9.11. The molecule has 4 nitrogen and oxygen atoms in total. The average molecular weight is 287 g/mol. The smallest absolute Gasteiger partial charge is 0.0900 e. The van der Waals surface area contributed by atoms with E-state index in [0.717, 1.165) is 13.1 Å². The molecule has 0 amide bonds. The zero-order chi connectivity index (χ0) is 14.1. The van der Waals surface area contributed by atoms with E-state index in [0.29, 0.717) is 19.8 Å². The topological polar surface area (TPSA) is 41.9 Å². The number of hydrogen-bond acceptors (Lipinski definition) is 5. The van der Waals surface area contributed by atoms with Crippen molar-refractivity contribution < 1.29 is 14.6 Å². The van der Waals surface area contributed by atoms with Crippen molar-refractivity contribution in [3.05, 3.63) is 22.4 Å². The molecule has 0 unspecified atom stereocenters. The first-order valence-electron chi connectivity index (χ1n) is 6.64. The Morgan fingerprint density at radius 3 is 2.79 bits per heavy atom. The second kappa shape index (κ2) is 9.44. The molecule has 0 saturated heterocycles. The summed E-state index contributed by atoms with van der Waals surface area (Å²) in [5.74, 6) is 0. The lowest BCUT2D eigenvalue weighted by atomic mass is 10.2. The van der Waals surface area contributed by atoms with E-state index < -0.39 is 6.10 Å². The minimum Gasteiger partial charge on any atom is -0.389 e. The van der Waals surface area contributed by atoms with Crippen LogP contribution in [0.1, 0.15) is 19.4 Å². The maximum Gasteiger partial charge on any atom is 0.0900 e. The molecule has 0 aliphatic heterocycles. The molecule has 1 aromatic heterocycles. The van der Waals surface area contributed by atoms with Crippen LogP contribution in [0.3, 0.4) is 0 Å². The Hall–Kier alpha value is -0.460. The molecule has 19 heavy (non-hydrogen) atoms. The standard InChI is InChI=1S/C14H25NO3S/c1-12(2)18-10-14(16)9-15(5-6-17-3)8-13-4-7-19-11-13/h4,7,11-12,14,16H,5-6,8-10H2,1-3H3/t14-/m1/s1. The number of nitrogens with zero attached hydrogens (tertiary/aromatic N) is 1. The van der Waals surface area contributed by atoms with Crippen molar-refractivity contribution in [2.24, 2.45) is 0 Å². The number of thiophene rings is 1. The van der Waals surface area contributed by atoms with Crippen LogP contribution in [-0.2, 0) is 16.0 Å². The van der Waals surface area contributed by atoms with E-state index in [9.17, 15) is 5.11 Å². The molecule has 0 radical (unpaired) electrons. The zero-order valence-corrected chi connectivity index (χ0v) is 12.9. The van der Waals surface area contributed by atoms with E-state index in [1.165, 1.54) is 5.56 Å². The van der Waals surface area contributed by atoms with Crippen LogP contribution in [0, 0.1) is 0 Å². The fourth-order valence-corrected chi connectivity index (χ4v) is 2.41. The normalized spacial score (nSPS) is 13.4. The second-order valence-corrected chi connectivity index (χ2v) is 5.68. The Morgan fingerprint density at radius 2 is 2.21 bits per heavy atom. The average Bonchev–Trinajstić information content (AvgIpc) is 2.86. The molecule has 0 aliphatic rings. The van der Waals surface area contributed by atoms with Gasteiger partial charge in [-0.25, -0.2) is 0 Å². The van der Waals surface area contributed by atoms with E-state index in [1.54, 1.807) is 18.4 Å². The van der Waals surface area contributed by atoms with Gasteiger partial charge in [-0.1, -0.05) is 0 Å². The van der Waals surface area contributed by atoms with Crippen LogP contribution in [-0.4, -0.2) is 55.6 Å². The van der Waals surface area contributed by atoms with Crippen LogP contribution in [0.15, 0.2) is 16.8 Å². The third-order valence-corrected chi connectivity index (χ3v) is 3.42. The molecule has 0 saturated carbocycles. The molecule has 5 heteroatoms. The minimum atomic E-state index is -0.460. The summed E-state index contributed by atoms with van der Waals surface area (Å²) < 4.78 is 10.6.